The van der Waals surface area contributed by atoms with Crippen molar-refractivity contribution in [1.82, 2.24) is 9.13 Å². The van der Waals surface area contributed by atoms with Crippen LogP contribution in [0.1, 0.15) is 50.3 Å². The molecule has 0 N–H and O–H groups in total. The van der Waals surface area contributed by atoms with Gasteiger partial charge in [-0.15, -0.1) is 0 Å². The fourth-order valence-corrected chi connectivity index (χ4v) is 5.22. The second-order valence-electron chi connectivity index (χ2n) is 8.94. The minimum atomic E-state index is -0.772. The number of methoxy groups -OCH3 is 1. The van der Waals surface area contributed by atoms with E-state index in [-0.39, 0.29) is 24.7 Å². The van der Waals surface area contributed by atoms with Gasteiger partial charge in [0.15, 0.2) is 18.8 Å². The monoisotopic (exact) mass is 594 g/mol. The maximum Gasteiger partial charge on any atom is 0.333 e. The van der Waals surface area contributed by atoms with Crippen LogP contribution >= 0.6 is 22.6 Å². The summed E-state index contributed by atoms with van der Waals surface area (Å²) in [5, 5.41) is 0. The molecule has 0 bridgehead atoms. The first-order valence-corrected chi connectivity index (χ1v) is 13.6. The van der Waals surface area contributed by atoms with Crippen LogP contribution in [0.5, 0.6) is 0 Å². The van der Waals surface area contributed by atoms with E-state index in [0.717, 1.165) is 38.5 Å². The molecule has 0 aromatic carbocycles. The average Bonchev–Trinajstić information content (AvgIpc) is 3.20. The average molecular weight is 594 g/mol. The summed E-state index contributed by atoms with van der Waals surface area (Å²) in [6.07, 6.45) is 4.29. The predicted molar refractivity (Wildman–Crippen MR) is 131 cm³/mol. The van der Waals surface area contributed by atoms with Gasteiger partial charge in [0.25, 0.3) is 5.56 Å². The molecule has 3 saturated heterocycles. The van der Waals surface area contributed by atoms with Crippen LogP contribution in [0.2, 0.25) is 0 Å². The van der Waals surface area contributed by atoms with Crippen LogP contribution in [0.25, 0.3) is 0 Å². The number of halogens is 1. The molecule has 10 nitrogen and oxygen atoms in total. The molecular weight excluding hydrogens is 559 g/mol. The van der Waals surface area contributed by atoms with Crippen molar-refractivity contribution in [2.45, 2.75) is 89.1 Å². The van der Waals surface area contributed by atoms with E-state index in [1.54, 1.807) is 20.2 Å². The third-order valence-corrected chi connectivity index (χ3v) is 7.02. The molecule has 192 valence electrons. The second kappa shape index (κ2) is 12.4. The molecule has 3 aliphatic heterocycles. The molecule has 1 aromatic heterocycles. The van der Waals surface area contributed by atoms with Crippen molar-refractivity contribution in [3.8, 4) is 0 Å². The van der Waals surface area contributed by atoms with Crippen LogP contribution in [-0.4, -0.2) is 71.4 Å². The molecule has 0 saturated carbocycles. The molecule has 1 aromatic rings. The SMILES string of the molecule is COC1C(n2cc(C)c(=O)n(CCI)c2=O)OC(COC2CCCCO2)[C@H]1OC1CCCCO1. The van der Waals surface area contributed by atoms with E-state index in [1.165, 1.54) is 9.13 Å². The van der Waals surface area contributed by atoms with Crippen molar-refractivity contribution in [2.24, 2.45) is 0 Å². The lowest BCUT2D eigenvalue weighted by atomic mass is 10.1. The molecule has 3 aliphatic rings. The summed E-state index contributed by atoms with van der Waals surface area (Å²) in [6.45, 7) is 3.59. The number of nitrogens with zero attached hydrogens (tertiary/aromatic N) is 2. The van der Waals surface area contributed by atoms with Crippen LogP contribution in [-0.2, 0) is 35.0 Å². The number of ether oxygens (including phenoxy) is 6. The van der Waals surface area contributed by atoms with Crippen LogP contribution in [0.3, 0.4) is 0 Å². The number of alkyl halides is 1. The zero-order chi connectivity index (χ0) is 24.1. The Bertz CT molecular complexity index is 909. The van der Waals surface area contributed by atoms with Gasteiger partial charge in [-0.2, -0.15) is 0 Å². The van der Waals surface area contributed by atoms with Gasteiger partial charge in [0.05, 0.1) is 6.61 Å². The number of aryl methyl sites for hydroxylation is 1. The summed E-state index contributed by atoms with van der Waals surface area (Å²) < 4.78 is 39.4. The van der Waals surface area contributed by atoms with Gasteiger partial charge in [-0.05, 0) is 45.4 Å². The fourth-order valence-electron chi connectivity index (χ4n) is 4.74. The number of hydrogen-bond acceptors (Lipinski definition) is 8. The standard InChI is InChI=1S/C23H35IN2O8/c1-15-13-26(23(28)25(10-9-24)21(15)27)22-20(29-2)19(34-18-8-4-6-12-31-18)16(33-22)14-32-17-7-3-5-11-30-17/h13,16-20,22H,3-12,14H2,1-2H3/t16?,17?,18?,19-,20?,22?/m1/s1. The van der Waals surface area contributed by atoms with E-state index < -0.39 is 30.2 Å². The topological polar surface area (TPSA) is 99.4 Å². The van der Waals surface area contributed by atoms with E-state index >= 15 is 0 Å². The first kappa shape index (κ1) is 26.2. The number of hydrogen-bond donors (Lipinski definition) is 0. The fraction of sp³-hybridized carbons (Fsp3) is 0.826. The first-order chi connectivity index (χ1) is 16.5. The maximum atomic E-state index is 13.3. The highest BCUT2D eigenvalue weighted by Crippen LogP contribution is 2.35. The van der Waals surface area contributed by atoms with Gasteiger partial charge >= 0.3 is 5.69 Å². The first-order valence-electron chi connectivity index (χ1n) is 12.1. The van der Waals surface area contributed by atoms with Crippen LogP contribution in [0, 0.1) is 6.92 Å². The van der Waals surface area contributed by atoms with Crippen molar-refractivity contribution >= 4 is 22.6 Å². The molecule has 0 aliphatic carbocycles. The Hall–Kier alpha value is -0.830. The minimum Gasteiger partial charge on any atom is -0.374 e. The Morgan fingerprint density at radius 3 is 2.38 bits per heavy atom. The molecule has 34 heavy (non-hydrogen) atoms. The Labute approximate surface area is 212 Å². The highest BCUT2D eigenvalue weighted by Gasteiger charge is 2.49. The van der Waals surface area contributed by atoms with Crippen LogP contribution < -0.4 is 11.2 Å². The van der Waals surface area contributed by atoms with E-state index in [0.29, 0.717) is 29.7 Å². The second-order valence-corrected chi connectivity index (χ2v) is 10.0. The maximum absolute atomic E-state index is 13.3. The van der Waals surface area contributed by atoms with Gasteiger partial charge < -0.3 is 28.4 Å². The lowest BCUT2D eigenvalue weighted by molar-refractivity contribution is -0.224. The predicted octanol–water partition coefficient (Wildman–Crippen LogP) is 2.12. The van der Waals surface area contributed by atoms with Crippen LogP contribution in [0.15, 0.2) is 15.8 Å². The molecule has 11 heteroatoms. The van der Waals surface area contributed by atoms with Gasteiger partial charge in [-0.3, -0.25) is 13.9 Å². The molecular formula is C23H35IN2O8. The van der Waals surface area contributed by atoms with Crippen molar-refractivity contribution in [2.75, 3.05) is 31.4 Å². The lowest BCUT2D eigenvalue weighted by Crippen LogP contribution is -2.46. The van der Waals surface area contributed by atoms with E-state index in [4.69, 9.17) is 28.4 Å². The summed E-state index contributed by atoms with van der Waals surface area (Å²) in [4.78, 5) is 25.8. The smallest absolute Gasteiger partial charge is 0.333 e. The van der Waals surface area contributed by atoms with Crippen LogP contribution in [0.4, 0.5) is 0 Å². The third kappa shape index (κ3) is 5.93. The largest absolute Gasteiger partial charge is 0.374 e. The van der Waals surface area contributed by atoms with Gasteiger partial charge in [0.1, 0.15) is 18.3 Å². The van der Waals surface area contributed by atoms with Gasteiger partial charge in [-0.25, -0.2) is 4.79 Å². The van der Waals surface area contributed by atoms with Crippen molar-refractivity contribution in [1.29, 1.82) is 0 Å². The Kier molecular flexibility index (Phi) is 9.58. The molecule has 5 unspecified atom stereocenters. The van der Waals surface area contributed by atoms with Crippen molar-refractivity contribution in [3.63, 3.8) is 0 Å². The van der Waals surface area contributed by atoms with E-state index in [1.807, 2.05) is 0 Å². The molecule has 6 atom stereocenters. The number of rotatable bonds is 9. The minimum absolute atomic E-state index is 0.236. The summed E-state index contributed by atoms with van der Waals surface area (Å²) in [5.41, 5.74) is -0.252. The Balaban J connectivity index is 1.60. The van der Waals surface area contributed by atoms with Crippen molar-refractivity contribution < 1.29 is 28.4 Å². The normalized spacial score (nSPS) is 32.2. The number of aromatic nitrogens is 2. The molecule has 4 heterocycles. The van der Waals surface area contributed by atoms with Gasteiger partial charge in [-0.1, -0.05) is 22.6 Å². The van der Waals surface area contributed by atoms with E-state index in [9.17, 15) is 9.59 Å². The van der Waals surface area contributed by atoms with Crippen molar-refractivity contribution in [3.05, 3.63) is 32.6 Å². The molecule has 4 rings (SSSR count). The zero-order valence-electron chi connectivity index (χ0n) is 19.9. The Morgan fingerprint density at radius 1 is 1.06 bits per heavy atom. The molecule has 0 amide bonds. The molecule has 0 spiro atoms. The summed E-state index contributed by atoms with van der Waals surface area (Å²) in [5.74, 6) is 0. The third-order valence-electron chi connectivity index (χ3n) is 6.54. The molecule has 3 fully saturated rings. The Morgan fingerprint density at radius 2 is 1.76 bits per heavy atom. The summed E-state index contributed by atoms with van der Waals surface area (Å²) in [6, 6.07) is 0. The lowest BCUT2D eigenvalue weighted by Gasteiger charge is -2.31. The van der Waals surface area contributed by atoms with Gasteiger partial charge in [0, 0.05) is 43.1 Å². The quantitative estimate of drug-likeness (QED) is 0.317. The highest BCUT2D eigenvalue weighted by atomic mass is 127. The summed E-state index contributed by atoms with van der Waals surface area (Å²) in [7, 11) is 1.57. The summed E-state index contributed by atoms with van der Waals surface area (Å²) >= 11 is 2.15. The van der Waals surface area contributed by atoms with Gasteiger partial charge in [0.2, 0.25) is 0 Å². The highest BCUT2D eigenvalue weighted by molar-refractivity contribution is 14.1. The zero-order valence-corrected chi connectivity index (χ0v) is 22.0. The molecule has 0 radical (unpaired) electrons. The van der Waals surface area contributed by atoms with E-state index in [2.05, 4.69) is 22.6 Å².